The van der Waals surface area contributed by atoms with Crippen molar-refractivity contribution < 1.29 is 9.13 Å². The molecule has 0 bridgehead atoms. The van der Waals surface area contributed by atoms with Gasteiger partial charge < -0.3 is 15.8 Å². The van der Waals surface area contributed by atoms with Crippen molar-refractivity contribution in [3.8, 4) is 28.3 Å². The summed E-state index contributed by atoms with van der Waals surface area (Å²) in [5, 5.41) is 8.19. The summed E-state index contributed by atoms with van der Waals surface area (Å²) in [6.45, 7) is 1.81. The number of hydrogen-bond donors (Lipinski definition) is 2. The summed E-state index contributed by atoms with van der Waals surface area (Å²) in [6, 6.07) is 6.72. The third-order valence-electron chi connectivity index (χ3n) is 5.70. The molecule has 1 fully saturated rings. The van der Waals surface area contributed by atoms with Gasteiger partial charge in [-0.25, -0.2) is 14.4 Å². The Morgan fingerprint density at radius 3 is 2.67 bits per heavy atom. The summed E-state index contributed by atoms with van der Waals surface area (Å²) in [7, 11) is 1.85. The van der Waals surface area contributed by atoms with Gasteiger partial charge in [0.15, 0.2) is 11.6 Å². The molecular formula is C23H21Cl2FN6O. The number of nitrogen functional groups attached to an aromatic ring is 1. The molecule has 0 atom stereocenters. The van der Waals surface area contributed by atoms with E-state index in [1.54, 1.807) is 10.9 Å². The van der Waals surface area contributed by atoms with Crippen molar-refractivity contribution in [2.75, 3.05) is 18.8 Å². The second-order valence-corrected chi connectivity index (χ2v) is 8.78. The molecular weight excluding hydrogens is 466 g/mol. The summed E-state index contributed by atoms with van der Waals surface area (Å²) in [4.78, 5) is 8.93. The highest BCUT2D eigenvalue weighted by Gasteiger charge is 2.21. The summed E-state index contributed by atoms with van der Waals surface area (Å²) >= 11 is 11.9. The average molecular weight is 487 g/mol. The molecule has 1 aliphatic rings. The lowest BCUT2D eigenvalue weighted by atomic mass is 10.0. The number of aryl methyl sites for hydroxylation is 1. The molecule has 3 heterocycles. The van der Waals surface area contributed by atoms with E-state index in [9.17, 15) is 4.39 Å². The minimum absolute atomic E-state index is 0.0887. The molecule has 0 radical (unpaired) electrons. The van der Waals surface area contributed by atoms with Crippen molar-refractivity contribution in [2.24, 2.45) is 7.05 Å². The van der Waals surface area contributed by atoms with E-state index in [-0.39, 0.29) is 33.4 Å². The van der Waals surface area contributed by atoms with Crippen molar-refractivity contribution in [3.63, 3.8) is 0 Å². The van der Waals surface area contributed by atoms with Crippen LogP contribution in [0.1, 0.15) is 12.8 Å². The first-order chi connectivity index (χ1) is 15.9. The van der Waals surface area contributed by atoms with Crippen LogP contribution < -0.4 is 15.8 Å². The van der Waals surface area contributed by atoms with E-state index in [4.69, 9.17) is 33.7 Å². The van der Waals surface area contributed by atoms with E-state index in [0.29, 0.717) is 16.7 Å². The quantitative estimate of drug-likeness (QED) is 0.400. The first kappa shape index (κ1) is 21.9. The molecule has 7 nitrogen and oxygen atoms in total. The molecule has 0 aliphatic carbocycles. The molecule has 170 valence electrons. The molecule has 0 unspecified atom stereocenters. The number of anilines is 1. The highest BCUT2D eigenvalue weighted by atomic mass is 35.5. The predicted molar refractivity (Wildman–Crippen MR) is 128 cm³/mol. The molecule has 0 saturated carbocycles. The second-order valence-electron chi connectivity index (χ2n) is 7.99. The van der Waals surface area contributed by atoms with Crippen molar-refractivity contribution in [1.29, 1.82) is 0 Å². The lowest BCUT2D eigenvalue weighted by Crippen LogP contribution is -2.34. The Balaban J connectivity index is 1.66. The van der Waals surface area contributed by atoms with E-state index >= 15 is 0 Å². The van der Waals surface area contributed by atoms with Gasteiger partial charge in [0.2, 0.25) is 0 Å². The highest BCUT2D eigenvalue weighted by Crippen LogP contribution is 2.38. The first-order valence-corrected chi connectivity index (χ1v) is 11.3. The summed E-state index contributed by atoms with van der Waals surface area (Å²) < 4.78 is 22.9. The largest absolute Gasteiger partial charge is 0.490 e. The summed E-state index contributed by atoms with van der Waals surface area (Å²) in [5.41, 5.74) is 8.67. The van der Waals surface area contributed by atoms with Gasteiger partial charge in [0.1, 0.15) is 17.7 Å². The number of fused-ring (bicyclic) bond motifs is 1. The first-order valence-electron chi connectivity index (χ1n) is 10.5. The average Bonchev–Trinajstić information content (AvgIpc) is 3.24. The predicted octanol–water partition coefficient (Wildman–Crippen LogP) is 4.86. The molecule has 1 aliphatic heterocycles. The van der Waals surface area contributed by atoms with E-state index in [1.165, 1.54) is 12.1 Å². The number of halogens is 3. The van der Waals surface area contributed by atoms with Gasteiger partial charge in [-0.2, -0.15) is 5.10 Å². The molecule has 0 spiro atoms. The third-order valence-corrected chi connectivity index (χ3v) is 6.48. The van der Waals surface area contributed by atoms with Gasteiger partial charge in [0.05, 0.1) is 27.3 Å². The number of nitrogens with one attached hydrogen (secondary N) is 1. The van der Waals surface area contributed by atoms with Crippen LogP contribution in [0.3, 0.4) is 0 Å². The zero-order valence-electron chi connectivity index (χ0n) is 17.8. The zero-order chi connectivity index (χ0) is 23.1. The maximum atomic E-state index is 14.8. The molecule has 10 heteroatoms. The standard InChI is InChI=1S/C23H21Cl2FN6O/c1-32-11-12(10-29-32)15-8-18-16(9-19(15)33-13-4-6-28-7-5-13)22(27)31-23(30-18)14-2-3-17(24)20(25)21(14)26/h2-3,8-11,13,28H,4-7H2,1H3,(H2,27,30,31). The Kier molecular flexibility index (Phi) is 5.82. The fraction of sp³-hybridized carbons (Fsp3) is 0.261. The SMILES string of the molecule is Cn1cc(-c2cc3nc(-c4ccc(Cl)c(Cl)c4F)nc(N)c3cc2OC2CCNCC2)cn1. The topological polar surface area (TPSA) is 90.9 Å². The van der Waals surface area contributed by atoms with Crippen LogP contribution in [-0.4, -0.2) is 38.9 Å². The molecule has 5 rings (SSSR count). The van der Waals surface area contributed by atoms with Crippen LogP contribution in [0.5, 0.6) is 5.75 Å². The Labute approximate surface area is 199 Å². The second kappa shape index (κ2) is 8.78. The van der Waals surface area contributed by atoms with Gasteiger partial charge in [0.25, 0.3) is 0 Å². The summed E-state index contributed by atoms with van der Waals surface area (Å²) in [5.74, 6) is 0.334. The fourth-order valence-electron chi connectivity index (χ4n) is 3.97. The van der Waals surface area contributed by atoms with Gasteiger partial charge in [-0.3, -0.25) is 4.68 Å². The van der Waals surface area contributed by atoms with Crippen LogP contribution in [-0.2, 0) is 7.05 Å². The van der Waals surface area contributed by atoms with Crippen LogP contribution in [0.2, 0.25) is 10.0 Å². The molecule has 2 aromatic heterocycles. The van der Waals surface area contributed by atoms with Crippen molar-refractivity contribution in [2.45, 2.75) is 18.9 Å². The lowest BCUT2D eigenvalue weighted by molar-refractivity contribution is 0.163. The van der Waals surface area contributed by atoms with Crippen LogP contribution in [0, 0.1) is 5.82 Å². The summed E-state index contributed by atoms with van der Waals surface area (Å²) in [6.07, 6.45) is 5.57. The van der Waals surface area contributed by atoms with Crippen LogP contribution >= 0.6 is 23.2 Å². The molecule has 33 heavy (non-hydrogen) atoms. The van der Waals surface area contributed by atoms with Crippen LogP contribution in [0.15, 0.2) is 36.7 Å². The Hall–Kier alpha value is -2.94. The highest BCUT2D eigenvalue weighted by molar-refractivity contribution is 6.42. The molecule has 4 aromatic rings. The zero-order valence-corrected chi connectivity index (χ0v) is 19.3. The smallest absolute Gasteiger partial charge is 0.165 e. The third kappa shape index (κ3) is 4.21. The number of ether oxygens (including phenoxy) is 1. The van der Waals surface area contributed by atoms with E-state index in [0.717, 1.165) is 37.1 Å². The number of piperidine rings is 1. The minimum atomic E-state index is -0.693. The molecule has 3 N–H and O–H groups in total. The Morgan fingerprint density at radius 2 is 1.94 bits per heavy atom. The Morgan fingerprint density at radius 1 is 1.15 bits per heavy atom. The van der Waals surface area contributed by atoms with E-state index in [2.05, 4.69) is 20.4 Å². The van der Waals surface area contributed by atoms with Gasteiger partial charge in [-0.15, -0.1) is 0 Å². The maximum Gasteiger partial charge on any atom is 0.165 e. The van der Waals surface area contributed by atoms with E-state index < -0.39 is 5.82 Å². The number of nitrogens with zero attached hydrogens (tertiary/aromatic N) is 4. The van der Waals surface area contributed by atoms with Crippen molar-refractivity contribution in [3.05, 3.63) is 52.5 Å². The molecule has 1 saturated heterocycles. The van der Waals surface area contributed by atoms with E-state index in [1.807, 2.05) is 25.4 Å². The number of rotatable bonds is 4. The number of hydrogen-bond acceptors (Lipinski definition) is 6. The molecule has 2 aromatic carbocycles. The lowest BCUT2D eigenvalue weighted by Gasteiger charge is -2.25. The normalized spacial score (nSPS) is 14.7. The van der Waals surface area contributed by atoms with Gasteiger partial charge >= 0.3 is 0 Å². The minimum Gasteiger partial charge on any atom is -0.490 e. The van der Waals surface area contributed by atoms with Gasteiger partial charge in [-0.05, 0) is 50.2 Å². The monoisotopic (exact) mass is 486 g/mol. The van der Waals surface area contributed by atoms with Gasteiger partial charge in [-0.1, -0.05) is 23.2 Å². The van der Waals surface area contributed by atoms with Crippen molar-refractivity contribution in [1.82, 2.24) is 25.1 Å². The van der Waals surface area contributed by atoms with Crippen molar-refractivity contribution >= 4 is 39.9 Å². The molecule has 0 amide bonds. The number of aromatic nitrogens is 4. The Bertz CT molecular complexity index is 1350. The number of nitrogens with two attached hydrogens (primary N) is 1. The maximum absolute atomic E-state index is 14.8. The van der Waals surface area contributed by atoms with Crippen LogP contribution in [0.4, 0.5) is 10.2 Å². The van der Waals surface area contributed by atoms with Gasteiger partial charge in [0, 0.05) is 29.8 Å². The van der Waals surface area contributed by atoms with Crippen LogP contribution in [0.25, 0.3) is 33.4 Å². The number of benzene rings is 2. The fourth-order valence-corrected chi connectivity index (χ4v) is 4.29.